The minimum atomic E-state index is 0.178. The van der Waals surface area contributed by atoms with Crippen molar-refractivity contribution < 1.29 is 5.11 Å². The molecule has 1 N–H and O–H groups in total. The lowest BCUT2D eigenvalue weighted by molar-refractivity contribution is 0.474. The van der Waals surface area contributed by atoms with Gasteiger partial charge in [0, 0.05) is 22.0 Å². The van der Waals surface area contributed by atoms with Crippen LogP contribution in [-0.4, -0.2) is 11.4 Å². The van der Waals surface area contributed by atoms with Crippen molar-refractivity contribution in [3.8, 4) is 5.75 Å². The largest absolute Gasteiger partial charge is 0.508 e. The second kappa shape index (κ2) is 5.49. The highest BCUT2D eigenvalue weighted by atomic mass is 32.2. The van der Waals surface area contributed by atoms with Crippen LogP contribution in [0.3, 0.4) is 0 Å². The van der Waals surface area contributed by atoms with Gasteiger partial charge in [0.15, 0.2) is 4.90 Å². The molecule has 0 spiro atoms. The minimum Gasteiger partial charge on any atom is -0.508 e. The Hall–Kier alpha value is -1.41. The third kappa shape index (κ3) is 3.08. The highest BCUT2D eigenvalue weighted by molar-refractivity contribution is 7.95. The summed E-state index contributed by atoms with van der Waals surface area (Å²) in [7, 11) is 0.178. The third-order valence-electron chi connectivity index (χ3n) is 3.04. The summed E-state index contributed by atoms with van der Waals surface area (Å²) in [5, 5.41) is 9.44. The van der Waals surface area contributed by atoms with Crippen molar-refractivity contribution in [3.63, 3.8) is 0 Å². The number of aryl methyl sites for hydroxylation is 2. The third-order valence-corrected chi connectivity index (χ3v) is 5.01. The van der Waals surface area contributed by atoms with Crippen LogP contribution in [0.25, 0.3) is 0 Å². The van der Waals surface area contributed by atoms with E-state index in [1.165, 1.54) is 21.6 Å². The van der Waals surface area contributed by atoms with Crippen molar-refractivity contribution in [2.45, 2.75) is 24.5 Å². The molecule has 0 radical (unpaired) electrons. The molecule has 0 heterocycles. The first-order valence-corrected chi connectivity index (χ1v) is 7.84. The van der Waals surface area contributed by atoms with Gasteiger partial charge in [-0.05, 0) is 32.0 Å². The van der Waals surface area contributed by atoms with Crippen LogP contribution in [0.1, 0.15) is 16.7 Å². The van der Waals surface area contributed by atoms with Gasteiger partial charge < -0.3 is 5.11 Å². The summed E-state index contributed by atoms with van der Waals surface area (Å²) in [5.41, 5.74) is 3.85. The summed E-state index contributed by atoms with van der Waals surface area (Å²) < 4.78 is 0. The maximum absolute atomic E-state index is 9.44. The molecule has 1 atom stereocenters. The maximum atomic E-state index is 9.44. The number of phenols is 1. The number of rotatable bonds is 3. The Balaban J connectivity index is 2.16. The van der Waals surface area contributed by atoms with Gasteiger partial charge >= 0.3 is 0 Å². The zero-order chi connectivity index (χ0) is 13.1. The van der Waals surface area contributed by atoms with Crippen molar-refractivity contribution in [2.24, 2.45) is 0 Å². The molecule has 0 fully saturated rings. The Morgan fingerprint density at radius 3 is 2.28 bits per heavy atom. The van der Waals surface area contributed by atoms with Gasteiger partial charge in [-0.15, -0.1) is 0 Å². The number of phenolic OH excluding ortho intramolecular Hbond substituents is 1. The molecule has 1 unspecified atom stereocenters. The first kappa shape index (κ1) is 13.0. The van der Waals surface area contributed by atoms with E-state index < -0.39 is 0 Å². The smallest absolute Gasteiger partial charge is 0.158 e. The summed E-state index contributed by atoms with van der Waals surface area (Å²) in [6.45, 7) is 4.17. The van der Waals surface area contributed by atoms with Crippen LogP contribution in [0.5, 0.6) is 5.75 Å². The second-order valence-corrected chi connectivity index (χ2v) is 6.72. The molecule has 0 aliphatic heterocycles. The van der Waals surface area contributed by atoms with Crippen LogP contribution in [0.15, 0.2) is 47.4 Å². The van der Waals surface area contributed by atoms with Gasteiger partial charge in [0.2, 0.25) is 0 Å². The first-order valence-electron chi connectivity index (χ1n) is 6.04. The van der Waals surface area contributed by atoms with Gasteiger partial charge in [0.25, 0.3) is 0 Å². The molecule has 0 amide bonds. The predicted molar refractivity (Wildman–Crippen MR) is 79.3 cm³/mol. The molecule has 18 heavy (non-hydrogen) atoms. The van der Waals surface area contributed by atoms with E-state index in [-0.39, 0.29) is 10.9 Å². The molecule has 0 saturated heterocycles. The fraction of sp³-hybridized carbons (Fsp3) is 0.250. The van der Waals surface area contributed by atoms with Crippen LogP contribution in [0.2, 0.25) is 0 Å². The summed E-state index contributed by atoms with van der Waals surface area (Å²) >= 11 is 0. The molecule has 0 bridgehead atoms. The lowest BCUT2D eigenvalue weighted by Crippen LogP contribution is -2.05. The average molecular weight is 259 g/mol. The van der Waals surface area contributed by atoms with Crippen LogP contribution in [-0.2, 0) is 16.6 Å². The average Bonchev–Trinajstić information content (AvgIpc) is 2.32. The lowest BCUT2D eigenvalue weighted by atomic mass is 10.2. The van der Waals surface area contributed by atoms with E-state index in [9.17, 15) is 5.11 Å². The van der Waals surface area contributed by atoms with E-state index in [1.807, 2.05) is 12.1 Å². The zero-order valence-electron chi connectivity index (χ0n) is 11.1. The van der Waals surface area contributed by atoms with Gasteiger partial charge in [0.05, 0.1) is 0 Å². The Kier molecular flexibility index (Phi) is 3.97. The zero-order valence-corrected chi connectivity index (χ0v) is 11.9. The van der Waals surface area contributed by atoms with E-state index in [1.54, 1.807) is 6.07 Å². The molecule has 0 aromatic heterocycles. The summed E-state index contributed by atoms with van der Waals surface area (Å²) in [5.74, 6) is 1.41. The molecule has 2 aromatic rings. The molecule has 0 saturated carbocycles. The van der Waals surface area contributed by atoms with Crippen LogP contribution in [0, 0.1) is 13.8 Å². The Bertz CT molecular complexity index is 531. The van der Waals surface area contributed by atoms with Crippen molar-refractivity contribution in [1.29, 1.82) is 0 Å². The molecular formula is C16H19OS+. The summed E-state index contributed by atoms with van der Waals surface area (Å²) in [6.07, 6.45) is 2.26. The Morgan fingerprint density at radius 2 is 1.67 bits per heavy atom. The Labute approximate surface area is 112 Å². The van der Waals surface area contributed by atoms with Crippen LogP contribution < -0.4 is 0 Å². The lowest BCUT2D eigenvalue weighted by Gasteiger charge is -2.07. The molecule has 1 nitrogen and oxygen atoms in total. The van der Waals surface area contributed by atoms with Gasteiger partial charge in [0.1, 0.15) is 17.8 Å². The standard InChI is InChI=1S/C16H18OS/c1-12-4-6-14(7-5-12)11-18(3)16-9-8-15(17)10-13(16)2/h4-10H,11H2,1-3H3/p+1. The van der Waals surface area contributed by atoms with E-state index in [0.29, 0.717) is 5.75 Å². The molecular weight excluding hydrogens is 240 g/mol. The SMILES string of the molecule is Cc1ccc(C[S+](C)c2ccc(O)cc2C)cc1. The van der Waals surface area contributed by atoms with E-state index in [2.05, 4.69) is 44.4 Å². The van der Waals surface area contributed by atoms with Crippen molar-refractivity contribution in [2.75, 3.05) is 6.26 Å². The molecule has 2 heteroatoms. The fourth-order valence-electron chi connectivity index (χ4n) is 2.04. The fourth-order valence-corrected chi connectivity index (χ4v) is 3.79. The maximum Gasteiger partial charge on any atom is 0.158 e. The molecule has 0 aliphatic carbocycles. The number of hydrogen-bond acceptors (Lipinski definition) is 1. The number of aromatic hydroxyl groups is 1. The van der Waals surface area contributed by atoms with Gasteiger partial charge in [-0.2, -0.15) is 0 Å². The summed E-state index contributed by atoms with van der Waals surface area (Å²) in [6, 6.07) is 14.4. The molecule has 2 rings (SSSR count). The van der Waals surface area contributed by atoms with E-state index in [4.69, 9.17) is 0 Å². The second-order valence-electron chi connectivity index (χ2n) is 4.72. The number of hydrogen-bond donors (Lipinski definition) is 1. The quantitative estimate of drug-likeness (QED) is 0.831. The van der Waals surface area contributed by atoms with Crippen LogP contribution >= 0.6 is 0 Å². The van der Waals surface area contributed by atoms with Crippen molar-refractivity contribution in [3.05, 3.63) is 59.2 Å². The highest BCUT2D eigenvalue weighted by Gasteiger charge is 2.18. The van der Waals surface area contributed by atoms with Crippen molar-refractivity contribution >= 4 is 10.9 Å². The monoisotopic (exact) mass is 259 g/mol. The van der Waals surface area contributed by atoms with Gasteiger partial charge in [-0.25, -0.2) is 0 Å². The topological polar surface area (TPSA) is 20.2 Å². The molecule has 94 valence electrons. The Morgan fingerprint density at radius 1 is 1.00 bits per heavy atom. The van der Waals surface area contributed by atoms with Gasteiger partial charge in [-0.1, -0.05) is 29.8 Å². The highest BCUT2D eigenvalue weighted by Crippen LogP contribution is 2.23. The molecule has 2 aromatic carbocycles. The van der Waals surface area contributed by atoms with Gasteiger partial charge in [-0.3, -0.25) is 0 Å². The molecule has 0 aliphatic rings. The number of benzene rings is 2. The first-order chi connectivity index (χ1) is 8.56. The normalized spacial score (nSPS) is 12.4. The predicted octanol–water partition coefficient (Wildman–Crippen LogP) is 3.82. The minimum absolute atomic E-state index is 0.178. The summed E-state index contributed by atoms with van der Waals surface area (Å²) in [4.78, 5) is 1.34. The van der Waals surface area contributed by atoms with Crippen LogP contribution in [0.4, 0.5) is 0 Å². The van der Waals surface area contributed by atoms with E-state index in [0.717, 1.165) is 5.75 Å². The van der Waals surface area contributed by atoms with E-state index >= 15 is 0 Å². The van der Waals surface area contributed by atoms with Crippen molar-refractivity contribution in [1.82, 2.24) is 0 Å².